The molecule has 130 valence electrons. The number of carboxylic acids is 1. The van der Waals surface area contributed by atoms with Gasteiger partial charge in [-0.1, -0.05) is 6.07 Å². The molecule has 1 amide bonds. The van der Waals surface area contributed by atoms with Gasteiger partial charge in [0.2, 0.25) is 15.9 Å². The molecule has 1 aromatic carbocycles. The average Bonchev–Trinajstić information content (AvgIpc) is 3.28. The first kappa shape index (κ1) is 16.9. The molecular formula is C16H20N2O5S. The van der Waals surface area contributed by atoms with Crippen molar-refractivity contribution in [3.05, 3.63) is 29.8 Å². The second kappa shape index (κ2) is 6.18. The lowest BCUT2D eigenvalue weighted by atomic mass is 9.98. The first-order chi connectivity index (χ1) is 11.3. The van der Waals surface area contributed by atoms with Gasteiger partial charge in [0, 0.05) is 26.1 Å². The fourth-order valence-corrected chi connectivity index (χ4v) is 4.89. The molecule has 0 unspecified atom stereocenters. The number of carboxylic acid groups (broad SMARTS) is 1. The maximum absolute atomic E-state index is 12.8. The molecule has 3 rings (SSSR count). The number of nitrogens with zero attached hydrogens (tertiary/aromatic N) is 1. The SMILES string of the molecule is CC(=O)N[C@H]1CN(S(=O)(=O)c2cccc(C(=O)O)c2)C[C@@H]1C1CC1. The normalized spacial score (nSPS) is 24.7. The van der Waals surface area contributed by atoms with Crippen LogP contribution in [0.5, 0.6) is 0 Å². The summed E-state index contributed by atoms with van der Waals surface area (Å²) >= 11 is 0. The molecule has 0 aromatic heterocycles. The summed E-state index contributed by atoms with van der Waals surface area (Å²) in [4.78, 5) is 22.4. The first-order valence-electron chi connectivity index (χ1n) is 7.89. The largest absolute Gasteiger partial charge is 0.478 e. The first-order valence-corrected chi connectivity index (χ1v) is 9.33. The molecule has 0 spiro atoms. The molecule has 1 saturated carbocycles. The van der Waals surface area contributed by atoms with Crippen LogP contribution in [0.2, 0.25) is 0 Å². The van der Waals surface area contributed by atoms with Gasteiger partial charge in [0.15, 0.2) is 0 Å². The van der Waals surface area contributed by atoms with Gasteiger partial charge in [0.05, 0.1) is 10.5 Å². The lowest BCUT2D eigenvalue weighted by Gasteiger charge is -2.18. The number of hydrogen-bond acceptors (Lipinski definition) is 4. The summed E-state index contributed by atoms with van der Waals surface area (Å²) in [6, 6.07) is 5.18. The van der Waals surface area contributed by atoms with Gasteiger partial charge in [-0.25, -0.2) is 13.2 Å². The minimum atomic E-state index is -3.78. The molecule has 1 aliphatic carbocycles. The number of sulfonamides is 1. The van der Waals surface area contributed by atoms with Crippen molar-refractivity contribution in [1.82, 2.24) is 9.62 Å². The third-order valence-electron chi connectivity index (χ3n) is 4.67. The molecule has 1 aromatic rings. The van der Waals surface area contributed by atoms with E-state index >= 15 is 0 Å². The van der Waals surface area contributed by atoms with Crippen LogP contribution >= 0.6 is 0 Å². The third kappa shape index (κ3) is 3.29. The average molecular weight is 352 g/mol. The number of aromatic carboxylic acids is 1. The Morgan fingerprint density at radius 3 is 2.54 bits per heavy atom. The third-order valence-corrected chi connectivity index (χ3v) is 6.49. The number of carbonyl (C=O) groups is 2. The van der Waals surface area contributed by atoms with Crippen LogP contribution < -0.4 is 5.32 Å². The van der Waals surface area contributed by atoms with E-state index in [4.69, 9.17) is 5.11 Å². The maximum atomic E-state index is 12.8. The van der Waals surface area contributed by atoms with Gasteiger partial charge >= 0.3 is 5.97 Å². The van der Waals surface area contributed by atoms with Gasteiger partial charge in [-0.2, -0.15) is 4.31 Å². The topological polar surface area (TPSA) is 104 Å². The van der Waals surface area contributed by atoms with Crippen LogP contribution in [-0.4, -0.2) is 48.8 Å². The molecule has 1 aliphatic heterocycles. The van der Waals surface area contributed by atoms with Crippen LogP contribution in [0.1, 0.15) is 30.1 Å². The van der Waals surface area contributed by atoms with E-state index in [9.17, 15) is 18.0 Å². The van der Waals surface area contributed by atoms with Crippen molar-refractivity contribution in [3.63, 3.8) is 0 Å². The fraction of sp³-hybridized carbons (Fsp3) is 0.500. The highest BCUT2D eigenvalue weighted by molar-refractivity contribution is 7.89. The molecular weight excluding hydrogens is 332 g/mol. The lowest BCUT2D eigenvalue weighted by Crippen LogP contribution is -2.40. The second-order valence-corrected chi connectivity index (χ2v) is 8.40. The monoisotopic (exact) mass is 352 g/mol. The van der Waals surface area contributed by atoms with Crippen molar-refractivity contribution in [3.8, 4) is 0 Å². The van der Waals surface area contributed by atoms with E-state index in [0.717, 1.165) is 12.8 Å². The van der Waals surface area contributed by atoms with Crippen LogP contribution in [-0.2, 0) is 14.8 Å². The Balaban J connectivity index is 1.86. The number of benzene rings is 1. The molecule has 2 aliphatic rings. The van der Waals surface area contributed by atoms with E-state index in [-0.39, 0.29) is 34.9 Å². The van der Waals surface area contributed by atoms with Gasteiger partial charge in [-0.3, -0.25) is 4.79 Å². The summed E-state index contributed by atoms with van der Waals surface area (Å²) in [5.74, 6) is -0.767. The van der Waals surface area contributed by atoms with E-state index in [0.29, 0.717) is 12.5 Å². The van der Waals surface area contributed by atoms with E-state index in [2.05, 4.69) is 5.32 Å². The highest BCUT2D eigenvalue weighted by atomic mass is 32.2. The number of carbonyl (C=O) groups excluding carboxylic acids is 1. The summed E-state index contributed by atoms with van der Waals surface area (Å²) in [7, 11) is -3.78. The molecule has 2 N–H and O–H groups in total. The van der Waals surface area contributed by atoms with Crippen LogP contribution in [0, 0.1) is 11.8 Å². The van der Waals surface area contributed by atoms with Crippen LogP contribution in [0.25, 0.3) is 0 Å². The Hall–Kier alpha value is -1.93. The molecule has 1 heterocycles. The zero-order chi connectivity index (χ0) is 17.5. The van der Waals surface area contributed by atoms with Gasteiger partial charge in [-0.05, 0) is 42.9 Å². The molecule has 2 atom stereocenters. The summed E-state index contributed by atoms with van der Waals surface area (Å²) in [6.07, 6.45) is 2.12. The molecule has 8 heteroatoms. The number of amides is 1. The van der Waals surface area contributed by atoms with Gasteiger partial charge in [-0.15, -0.1) is 0 Å². The fourth-order valence-electron chi connectivity index (χ4n) is 3.34. The van der Waals surface area contributed by atoms with Crippen molar-refractivity contribution in [2.45, 2.75) is 30.7 Å². The van der Waals surface area contributed by atoms with E-state index in [1.54, 1.807) is 0 Å². The van der Waals surface area contributed by atoms with Gasteiger partial charge < -0.3 is 10.4 Å². The zero-order valence-corrected chi connectivity index (χ0v) is 14.1. The highest BCUT2D eigenvalue weighted by Gasteiger charge is 2.46. The predicted molar refractivity (Wildman–Crippen MR) is 86.0 cm³/mol. The molecule has 0 radical (unpaired) electrons. The van der Waals surface area contributed by atoms with E-state index in [1.165, 1.54) is 35.5 Å². The quantitative estimate of drug-likeness (QED) is 0.820. The van der Waals surface area contributed by atoms with Crippen LogP contribution in [0.3, 0.4) is 0 Å². The van der Waals surface area contributed by atoms with E-state index < -0.39 is 16.0 Å². The Morgan fingerprint density at radius 2 is 1.96 bits per heavy atom. The standard InChI is InChI=1S/C16H20N2O5S/c1-10(19)17-15-9-18(8-14(15)11-5-6-11)24(22,23)13-4-2-3-12(7-13)16(20)21/h2-4,7,11,14-15H,5-6,8-9H2,1H3,(H,17,19)(H,20,21)/t14-,15+/m1/s1. The molecule has 7 nitrogen and oxygen atoms in total. The summed E-state index contributed by atoms with van der Waals surface area (Å²) in [5, 5.41) is 11.9. The minimum Gasteiger partial charge on any atom is -0.478 e. The second-order valence-electron chi connectivity index (χ2n) is 6.46. The molecule has 1 saturated heterocycles. The molecule has 24 heavy (non-hydrogen) atoms. The summed E-state index contributed by atoms with van der Waals surface area (Å²) < 4.78 is 27.1. The minimum absolute atomic E-state index is 0.0274. The van der Waals surface area contributed by atoms with Crippen molar-refractivity contribution >= 4 is 21.9 Å². The van der Waals surface area contributed by atoms with Gasteiger partial charge in [0.25, 0.3) is 0 Å². The Morgan fingerprint density at radius 1 is 1.25 bits per heavy atom. The van der Waals surface area contributed by atoms with Gasteiger partial charge in [0.1, 0.15) is 0 Å². The summed E-state index contributed by atoms with van der Waals surface area (Å²) in [6.45, 7) is 2.01. The Kier molecular flexibility index (Phi) is 4.35. The van der Waals surface area contributed by atoms with Crippen molar-refractivity contribution < 1.29 is 23.1 Å². The summed E-state index contributed by atoms with van der Waals surface area (Å²) in [5.41, 5.74) is -0.0626. The van der Waals surface area contributed by atoms with Crippen LogP contribution in [0.4, 0.5) is 0 Å². The number of rotatable bonds is 5. The van der Waals surface area contributed by atoms with Crippen molar-refractivity contribution in [2.75, 3.05) is 13.1 Å². The highest BCUT2D eigenvalue weighted by Crippen LogP contribution is 2.42. The van der Waals surface area contributed by atoms with Crippen molar-refractivity contribution in [1.29, 1.82) is 0 Å². The van der Waals surface area contributed by atoms with E-state index in [1.807, 2.05) is 0 Å². The number of nitrogens with one attached hydrogen (secondary N) is 1. The zero-order valence-electron chi connectivity index (χ0n) is 13.3. The number of hydrogen-bond donors (Lipinski definition) is 2. The maximum Gasteiger partial charge on any atom is 0.335 e. The van der Waals surface area contributed by atoms with Crippen molar-refractivity contribution in [2.24, 2.45) is 11.8 Å². The molecule has 0 bridgehead atoms. The predicted octanol–water partition coefficient (Wildman–Crippen LogP) is 0.920. The molecule has 2 fully saturated rings. The smallest absolute Gasteiger partial charge is 0.335 e. The Labute approximate surface area is 140 Å². The Bertz CT molecular complexity index is 772. The van der Waals surface area contributed by atoms with Crippen LogP contribution in [0.15, 0.2) is 29.2 Å². The lowest BCUT2D eigenvalue weighted by molar-refractivity contribution is -0.119.